The van der Waals surface area contributed by atoms with Gasteiger partial charge in [0.25, 0.3) is 5.91 Å². The van der Waals surface area contributed by atoms with Crippen molar-refractivity contribution in [3.05, 3.63) is 52.6 Å². The lowest BCUT2D eigenvalue weighted by atomic mass is 10.1. The number of aromatic carboxylic acids is 1. The van der Waals surface area contributed by atoms with Crippen LogP contribution in [0.25, 0.3) is 0 Å². The third-order valence-electron chi connectivity index (χ3n) is 3.33. The lowest BCUT2D eigenvalue weighted by molar-refractivity contribution is 0.0695. The highest BCUT2D eigenvalue weighted by atomic mass is 35.5. The van der Waals surface area contributed by atoms with Gasteiger partial charge in [0, 0.05) is 19.8 Å². The first-order chi connectivity index (χ1) is 10.4. The highest BCUT2D eigenvalue weighted by Crippen LogP contribution is 2.20. The zero-order chi connectivity index (χ0) is 16.3. The number of rotatable bonds is 5. The molecule has 1 N–H and O–H groups in total. The van der Waals surface area contributed by atoms with E-state index in [-0.39, 0.29) is 22.1 Å². The fraction of sp³-hybridized carbons (Fsp3) is 0.267. The van der Waals surface area contributed by atoms with Gasteiger partial charge in [-0.05, 0) is 25.1 Å². The highest BCUT2D eigenvalue weighted by molar-refractivity contribution is 6.34. The number of carboxylic acid groups (broad SMARTS) is 1. The van der Waals surface area contributed by atoms with E-state index in [1.54, 1.807) is 19.6 Å². The third kappa shape index (κ3) is 3.28. The maximum atomic E-state index is 12.4. The number of aromatic nitrogens is 2. The van der Waals surface area contributed by atoms with Crippen LogP contribution in [0, 0.1) is 0 Å². The quantitative estimate of drug-likeness (QED) is 0.918. The summed E-state index contributed by atoms with van der Waals surface area (Å²) in [6, 6.07) is 4.08. The standard InChI is InChI=1S/C15H16ClN3O3/c1-3-19-9-17-7-11(19)8-18(2)14(20)12-5-4-10(15(21)22)6-13(12)16/h4-7,9H,3,8H2,1-2H3,(H,21,22). The van der Waals surface area contributed by atoms with Crippen LogP contribution in [-0.2, 0) is 13.1 Å². The Kier molecular flexibility index (Phi) is 4.82. The van der Waals surface area contributed by atoms with Crippen molar-refractivity contribution >= 4 is 23.5 Å². The normalized spacial score (nSPS) is 10.5. The average Bonchev–Trinajstić information content (AvgIpc) is 2.93. The molecule has 0 aliphatic heterocycles. The first kappa shape index (κ1) is 16.0. The number of amides is 1. The third-order valence-corrected chi connectivity index (χ3v) is 3.64. The Morgan fingerprint density at radius 1 is 1.41 bits per heavy atom. The Labute approximate surface area is 132 Å². The Hall–Kier alpha value is -2.34. The summed E-state index contributed by atoms with van der Waals surface area (Å²) in [5.41, 5.74) is 1.24. The zero-order valence-electron chi connectivity index (χ0n) is 12.3. The number of aryl methyl sites for hydroxylation is 1. The van der Waals surface area contributed by atoms with Gasteiger partial charge in [-0.25, -0.2) is 9.78 Å². The van der Waals surface area contributed by atoms with Crippen LogP contribution in [0.15, 0.2) is 30.7 Å². The summed E-state index contributed by atoms with van der Waals surface area (Å²) < 4.78 is 1.94. The van der Waals surface area contributed by atoms with Gasteiger partial charge >= 0.3 is 5.97 Å². The van der Waals surface area contributed by atoms with Gasteiger partial charge in [0.1, 0.15) is 0 Å². The predicted molar refractivity (Wildman–Crippen MR) is 82.1 cm³/mol. The second-order valence-electron chi connectivity index (χ2n) is 4.83. The minimum absolute atomic E-state index is 0.0493. The van der Waals surface area contributed by atoms with Crippen molar-refractivity contribution in [2.45, 2.75) is 20.0 Å². The largest absolute Gasteiger partial charge is 0.478 e. The van der Waals surface area contributed by atoms with Crippen LogP contribution in [-0.4, -0.2) is 38.5 Å². The summed E-state index contributed by atoms with van der Waals surface area (Å²) in [4.78, 5) is 28.9. The number of benzene rings is 1. The van der Waals surface area contributed by atoms with E-state index in [9.17, 15) is 9.59 Å². The minimum atomic E-state index is -1.08. The molecule has 6 nitrogen and oxygen atoms in total. The number of halogens is 1. The van der Waals surface area contributed by atoms with Gasteiger partial charge in [-0.2, -0.15) is 0 Å². The maximum absolute atomic E-state index is 12.4. The van der Waals surface area contributed by atoms with Crippen molar-refractivity contribution in [2.24, 2.45) is 0 Å². The number of imidazole rings is 1. The molecule has 0 spiro atoms. The van der Waals surface area contributed by atoms with Crippen LogP contribution in [0.4, 0.5) is 0 Å². The van der Waals surface area contributed by atoms with Crippen molar-refractivity contribution in [3.63, 3.8) is 0 Å². The summed E-state index contributed by atoms with van der Waals surface area (Å²) in [6.45, 7) is 3.16. The molecule has 2 rings (SSSR count). The molecular formula is C15H16ClN3O3. The first-order valence-electron chi connectivity index (χ1n) is 6.71. The molecule has 1 aromatic carbocycles. The molecule has 116 valence electrons. The second-order valence-corrected chi connectivity index (χ2v) is 5.24. The SMILES string of the molecule is CCn1cncc1CN(C)C(=O)c1ccc(C(=O)O)cc1Cl. The summed E-state index contributed by atoms with van der Waals surface area (Å²) in [5, 5.41) is 9.04. The molecule has 0 bridgehead atoms. The number of carbonyl (C=O) groups is 2. The van der Waals surface area contributed by atoms with Crippen molar-refractivity contribution in [1.29, 1.82) is 0 Å². The maximum Gasteiger partial charge on any atom is 0.335 e. The van der Waals surface area contributed by atoms with E-state index in [0.717, 1.165) is 12.2 Å². The Morgan fingerprint density at radius 3 is 2.73 bits per heavy atom. The molecule has 1 amide bonds. The predicted octanol–water partition coefficient (Wildman–Crippen LogP) is 2.53. The van der Waals surface area contributed by atoms with Gasteiger partial charge in [0.15, 0.2) is 0 Å². The summed E-state index contributed by atoms with van der Waals surface area (Å²) in [6.07, 6.45) is 3.42. The molecule has 0 fully saturated rings. The summed E-state index contributed by atoms with van der Waals surface area (Å²) in [7, 11) is 1.66. The van der Waals surface area contributed by atoms with Gasteiger partial charge in [-0.15, -0.1) is 0 Å². The average molecular weight is 322 g/mol. The minimum Gasteiger partial charge on any atom is -0.478 e. The zero-order valence-corrected chi connectivity index (χ0v) is 13.0. The second kappa shape index (κ2) is 6.62. The number of carbonyl (C=O) groups excluding carboxylic acids is 1. The highest BCUT2D eigenvalue weighted by Gasteiger charge is 2.18. The Bertz CT molecular complexity index is 712. The molecule has 0 unspecified atom stereocenters. The van der Waals surface area contributed by atoms with Crippen LogP contribution >= 0.6 is 11.6 Å². The molecule has 7 heteroatoms. The van der Waals surface area contributed by atoms with Crippen LogP contribution < -0.4 is 0 Å². The van der Waals surface area contributed by atoms with E-state index in [2.05, 4.69) is 4.98 Å². The molecule has 0 saturated carbocycles. The van der Waals surface area contributed by atoms with Gasteiger partial charge < -0.3 is 14.6 Å². The van der Waals surface area contributed by atoms with E-state index in [1.165, 1.54) is 23.1 Å². The smallest absolute Gasteiger partial charge is 0.335 e. The number of hydrogen-bond acceptors (Lipinski definition) is 3. The summed E-state index contributed by atoms with van der Waals surface area (Å²) >= 11 is 6.02. The van der Waals surface area contributed by atoms with E-state index in [0.29, 0.717) is 6.54 Å². The van der Waals surface area contributed by atoms with Gasteiger partial charge in [0.2, 0.25) is 0 Å². The molecule has 0 saturated heterocycles. The molecule has 0 aliphatic carbocycles. The molecule has 1 aromatic heterocycles. The molecule has 22 heavy (non-hydrogen) atoms. The number of hydrogen-bond donors (Lipinski definition) is 1. The van der Waals surface area contributed by atoms with E-state index in [4.69, 9.17) is 16.7 Å². The first-order valence-corrected chi connectivity index (χ1v) is 7.09. The van der Waals surface area contributed by atoms with Gasteiger partial charge in [-0.1, -0.05) is 11.6 Å². The molecule has 1 heterocycles. The van der Waals surface area contributed by atoms with Gasteiger partial charge in [-0.3, -0.25) is 4.79 Å². The monoisotopic (exact) mass is 321 g/mol. The van der Waals surface area contributed by atoms with E-state index in [1.807, 2.05) is 11.5 Å². The van der Waals surface area contributed by atoms with Gasteiger partial charge in [0.05, 0.1) is 34.7 Å². The fourth-order valence-electron chi connectivity index (χ4n) is 2.11. The van der Waals surface area contributed by atoms with Crippen LogP contribution in [0.3, 0.4) is 0 Å². The fourth-order valence-corrected chi connectivity index (χ4v) is 2.37. The molecular weight excluding hydrogens is 306 g/mol. The Morgan fingerprint density at radius 2 is 2.14 bits per heavy atom. The lowest BCUT2D eigenvalue weighted by Crippen LogP contribution is -2.27. The molecule has 0 atom stereocenters. The van der Waals surface area contributed by atoms with Crippen LogP contribution in [0.5, 0.6) is 0 Å². The van der Waals surface area contributed by atoms with Crippen molar-refractivity contribution in [3.8, 4) is 0 Å². The molecule has 0 radical (unpaired) electrons. The van der Waals surface area contributed by atoms with Crippen LogP contribution in [0.1, 0.15) is 33.3 Å². The molecule has 0 aliphatic rings. The van der Waals surface area contributed by atoms with Crippen molar-refractivity contribution < 1.29 is 14.7 Å². The van der Waals surface area contributed by atoms with Crippen LogP contribution in [0.2, 0.25) is 5.02 Å². The van der Waals surface area contributed by atoms with Crippen molar-refractivity contribution in [2.75, 3.05) is 7.05 Å². The van der Waals surface area contributed by atoms with E-state index < -0.39 is 5.97 Å². The number of nitrogens with zero attached hydrogens (tertiary/aromatic N) is 3. The lowest BCUT2D eigenvalue weighted by Gasteiger charge is -2.18. The number of carboxylic acids is 1. The Balaban J connectivity index is 2.19. The summed E-state index contributed by atoms with van der Waals surface area (Å²) in [5.74, 6) is -1.35. The molecule has 2 aromatic rings. The van der Waals surface area contributed by atoms with E-state index >= 15 is 0 Å². The topological polar surface area (TPSA) is 75.4 Å². The van der Waals surface area contributed by atoms with Crippen molar-refractivity contribution in [1.82, 2.24) is 14.5 Å².